The van der Waals surface area contributed by atoms with Gasteiger partial charge in [-0.3, -0.25) is 4.79 Å². The van der Waals surface area contributed by atoms with Crippen LogP contribution in [0.15, 0.2) is 16.7 Å². The Hall–Kier alpha value is -1.82. The Bertz CT molecular complexity index is 540. The van der Waals surface area contributed by atoms with E-state index in [4.69, 9.17) is 9.15 Å². The van der Waals surface area contributed by atoms with E-state index < -0.39 is 11.6 Å². The number of furan rings is 1. The smallest absolute Gasteiger partial charge is 0.338 e. The molecule has 0 saturated carbocycles. The van der Waals surface area contributed by atoms with Gasteiger partial charge in [0.2, 0.25) is 0 Å². The molecule has 1 fully saturated rings. The molecule has 1 aliphatic rings. The highest BCUT2D eigenvalue weighted by Crippen LogP contribution is 2.27. The number of ether oxygens (including phenoxy) is 1. The van der Waals surface area contributed by atoms with E-state index in [1.54, 1.807) is 17.9 Å². The van der Waals surface area contributed by atoms with Crippen molar-refractivity contribution in [3.05, 3.63) is 23.7 Å². The van der Waals surface area contributed by atoms with E-state index in [1.165, 1.54) is 6.26 Å². The fourth-order valence-electron chi connectivity index (χ4n) is 2.64. The van der Waals surface area contributed by atoms with Gasteiger partial charge in [0, 0.05) is 31.5 Å². The molecular weight excluding hydrogens is 286 g/mol. The van der Waals surface area contributed by atoms with Gasteiger partial charge in [-0.1, -0.05) is 13.8 Å². The summed E-state index contributed by atoms with van der Waals surface area (Å²) in [6, 6.07) is 1.80. The minimum atomic E-state index is -1.49. The van der Waals surface area contributed by atoms with Crippen LogP contribution in [-0.2, 0) is 9.53 Å². The zero-order valence-electron chi connectivity index (χ0n) is 13.3. The first-order chi connectivity index (χ1) is 10.4. The van der Waals surface area contributed by atoms with Gasteiger partial charge in [0.1, 0.15) is 0 Å². The van der Waals surface area contributed by atoms with Crippen molar-refractivity contribution in [1.82, 2.24) is 4.90 Å². The molecule has 1 aromatic heterocycles. The zero-order chi connectivity index (χ0) is 16.3. The van der Waals surface area contributed by atoms with Gasteiger partial charge in [0.15, 0.2) is 11.4 Å². The standard InChI is InChI=1S/C16H23NO5/c1-4-21-15(19)16(20)6-8-17(9-7-16)14(18)13-12(11(2)3)5-10-22-13/h5,10-11,20H,4,6-9H2,1-3H3. The monoisotopic (exact) mass is 309 g/mol. The third kappa shape index (κ3) is 3.16. The Morgan fingerprint density at radius 2 is 2.05 bits per heavy atom. The molecule has 6 heteroatoms. The molecule has 0 aliphatic carbocycles. The van der Waals surface area contributed by atoms with Crippen LogP contribution in [0.25, 0.3) is 0 Å². The van der Waals surface area contributed by atoms with Crippen molar-refractivity contribution in [3.63, 3.8) is 0 Å². The number of likely N-dealkylation sites (tertiary alicyclic amines) is 1. The second kappa shape index (κ2) is 6.52. The second-order valence-corrected chi connectivity index (χ2v) is 5.90. The summed E-state index contributed by atoms with van der Waals surface area (Å²) < 4.78 is 10.2. The highest BCUT2D eigenvalue weighted by Gasteiger charge is 2.42. The Morgan fingerprint density at radius 1 is 1.41 bits per heavy atom. The van der Waals surface area contributed by atoms with E-state index in [-0.39, 0.29) is 31.3 Å². The van der Waals surface area contributed by atoms with Gasteiger partial charge in [-0.2, -0.15) is 0 Å². The number of carbonyl (C=O) groups is 2. The van der Waals surface area contributed by atoms with E-state index in [0.29, 0.717) is 18.8 Å². The lowest BCUT2D eigenvalue weighted by Crippen LogP contribution is -2.51. The maximum atomic E-state index is 12.5. The summed E-state index contributed by atoms with van der Waals surface area (Å²) in [6.07, 6.45) is 1.87. The summed E-state index contributed by atoms with van der Waals surface area (Å²) >= 11 is 0. The van der Waals surface area contributed by atoms with Crippen molar-refractivity contribution in [2.24, 2.45) is 0 Å². The first-order valence-corrected chi connectivity index (χ1v) is 7.65. The SMILES string of the molecule is CCOC(=O)C1(O)CCN(C(=O)c2occc2C(C)C)CC1. The zero-order valence-corrected chi connectivity index (χ0v) is 13.3. The average Bonchev–Trinajstić information content (AvgIpc) is 2.97. The number of carbonyl (C=O) groups excluding carboxylic acids is 2. The lowest BCUT2D eigenvalue weighted by molar-refractivity contribution is -0.169. The van der Waals surface area contributed by atoms with Crippen molar-refractivity contribution in [1.29, 1.82) is 0 Å². The molecule has 1 N–H and O–H groups in total. The van der Waals surface area contributed by atoms with Crippen LogP contribution >= 0.6 is 0 Å². The first-order valence-electron chi connectivity index (χ1n) is 7.65. The van der Waals surface area contributed by atoms with E-state index in [9.17, 15) is 14.7 Å². The van der Waals surface area contributed by atoms with Crippen LogP contribution in [0.2, 0.25) is 0 Å². The number of hydrogen-bond donors (Lipinski definition) is 1. The molecule has 0 radical (unpaired) electrons. The van der Waals surface area contributed by atoms with Crippen LogP contribution in [0.5, 0.6) is 0 Å². The van der Waals surface area contributed by atoms with Crippen LogP contribution < -0.4 is 0 Å². The number of rotatable bonds is 4. The predicted octanol–water partition coefficient (Wildman–Crippen LogP) is 1.93. The Kier molecular flexibility index (Phi) is 4.90. The first kappa shape index (κ1) is 16.5. The predicted molar refractivity (Wildman–Crippen MR) is 79.5 cm³/mol. The molecule has 0 spiro atoms. The van der Waals surface area contributed by atoms with Crippen molar-refractivity contribution in [2.75, 3.05) is 19.7 Å². The number of piperidine rings is 1. The molecular formula is C16H23NO5. The van der Waals surface area contributed by atoms with Gasteiger partial charge in [0.25, 0.3) is 5.91 Å². The van der Waals surface area contributed by atoms with Crippen LogP contribution in [0.3, 0.4) is 0 Å². The highest BCUT2D eigenvalue weighted by atomic mass is 16.5. The fraction of sp³-hybridized carbons (Fsp3) is 0.625. The summed E-state index contributed by atoms with van der Waals surface area (Å²) in [6.45, 7) is 6.52. The minimum Gasteiger partial charge on any atom is -0.464 e. The summed E-state index contributed by atoms with van der Waals surface area (Å²) in [5.74, 6) is -0.266. The van der Waals surface area contributed by atoms with E-state index in [0.717, 1.165) is 5.56 Å². The molecule has 2 heterocycles. The largest absolute Gasteiger partial charge is 0.464 e. The minimum absolute atomic E-state index is 0.176. The van der Waals surface area contributed by atoms with Crippen LogP contribution in [0.4, 0.5) is 0 Å². The second-order valence-electron chi connectivity index (χ2n) is 5.90. The van der Waals surface area contributed by atoms with Crippen LogP contribution in [0, 0.1) is 0 Å². The lowest BCUT2D eigenvalue weighted by atomic mass is 9.91. The fourth-order valence-corrected chi connectivity index (χ4v) is 2.64. The van der Waals surface area contributed by atoms with E-state index in [1.807, 2.05) is 13.8 Å². The third-order valence-corrected chi connectivity index (χ3v) is 4.05. The summed E-state index contributed by atoms with van der Waals surface area (Å²) in [4.78, 5) is 25.9. The van der Waals surface area contributed by atoms with Crippen molar-refractivity contribution >= 4 is 11.9 Å². The Labute approximate surface area is 130 Å². The molecule has 0 aromatic carbocycles. The van der Waals surface area contributed by atoms with Gasteiger partial charge >= 0.3 is 5.97 Å². The molecule has 1 amide bonds. The normalized spacial score (nSPS) is 17.6. The lowest BCUT2D eigenvalue weighted by Gasteiger charge is -2.36. The molecule has 22 heavy (non-hydrogen) atoms. The summed E-state index contributed by atoms with van der Waals surface area (Å²) in [7, 11) is 0. The van der Waals surface area contributed by atoms with Crippen molar-refractivity contribution < 1.29 is 23.8 Å². The molecule has 1 aliphatic heterocycles. The number of nitrogens with zero attached hydrogens (tertiary/aromatic N) is 1. The van der Waals surface area contributed by atoms with Gasteiger partial charge in [-0.15, -0.1) is 0 Å². The van der Waals surface area contributed by atoms with E-state index in [2.05, 4.69) is 0 Å². The topological polar surface area (TPSA) is 80.0 Å². The number of esters is 1. The maximum absolute atomic E-state index is 12.5. The maximum Gasteiger partial charge on any atom is 0.338 e. The number of amides is 1. The molecule has 0 unspecified atom stereocenters. The number of aliphatic hydroxyl groups is 1. The van der Waals surface area contributed by atoms with Gasteiger partial charge in [-0.05, 0) is 18.9 Å². The Morgan fingerprint density at radius 3 is 2.59 bits per heavy atom. The van der Waals surface area contributed by atoms with Crippen LogP contribution in [-0.4, -0.2) is 47.2 Å². The van der Waals surface area contributed by atoms with Crippen LogP contribution in [0.1, 0.15) is 55.6 Å². The molecule has 1 aromatic rings. The van der Waals surface area contributed by atoms with Crippen molar-refractivity contribution in [3.8, 4) is 0 Å². The quantitative estimate of drug-likeness (QED) is 0.860. The molecule has 0 bridgehead atoms. The average molecular weight is 309 g/mol. The number of hydrogen-bond acceptors (Lipinski definition) is 5. The van der Waals surface area contributed by atoms with Gasteiger partial charge < -0.3 is 19.2 Å². The highest BCUT2D eigenvalue weighted by molar-refractivity contribution is 5.93. The van der Waals surface area contributed by atoms with E-state index >= 15 is 0 Å². The molecule has 2 rings (SSSR count). The Balaban J connectivity index is 2.04. The van der Waals surface area contributed by atoms with Gasteiger partial charge in [0.05, 0.1) is 12.9 Å². The molecule has 0 atom stereocenters. The summed E-state index contributed by atoms with van der Waals surface area (Å²) in [5, 5.41) is 10.3. The van der Waals surface area contributed by atoms with Crippen molar-refractivity contribution in [2.45, 2.75) is 45.1 Å². The molecule has 122 valence electrons. The third-order valence-electron chi connectivity index (χ3n) is 4.05. The van der Waals surface area contributed by atoms with Gasteiger partial charge in [-0.25, -0.2) is 4.79 Å². The summed E-state index contributed by atoms with van der Waals surface area (Å²) in [5.41, 5.74) is -0.618. The molecule has 6 nitrogen and oxygen atoms in total. The molecule has 1 saturated heterocycles.